The van der Waals surface area contributed by atoms with E-state index in [4.69, 9.17) is 16.2 Å². The van der Waals surface area contributed by atoms with Crippen LogP contribution in [0.2, 0.25) is 0 Å². The Labute approximate surface area is 189 Å². The van der Waals surface area contributed by atoms with Crippen molar-refractivity contribution in [2.24, 2.45) is 0 Å². The van der Waals surface area contributed by atoms with Crippen LogP contribution in [0.5, 0.6) is 0 Å². The number of hydrogen-bond donors (Lipinski definition) is 0. The molecule has 5 aromatic rings. The number of hydrogen-bond acceptors (Lipinski definition) is 3. The molecular formula is C25H20ClN2OPS. The van der Waals surface area contributed by atoms with Crippen LogP contribution >= 0.6 is 28.5 Å². The fourth-order valence-electron chi connectivity index (χ4n) is 4.21. The van der Waals surface area contributed by atoms with Crippen molar-refractivity contribution in [1.82, 2.24) is 9.38 Å². The van der Waals surface area contributed by atoms with E-state index in [9.17, 15) is 4.79 Å². The summed E-state index contributed by atoms with van der Waals surface area (Å²) in [6, 6.07) is 32.4. The summed E-state index contributed by atoms with van der Waals surface area (Å²) in [6.45, 7) is 0. The van der Waals surface area contributed by atoms with E-state index in [2.05, 4.69) is 36.4 Å². The maximum atomic E-state index is 12.8. The van der Waals surface area contributed by atoms with E-state index in [1.165, 1.54) is 11.3 Å². The summed E-state index contributed by atoms with van der Waals surface area (Å²) in [4.78, 5) is 18.3. The number of aromatic nitrogens is 2. The number of nitrogens with zero attached hydrogens (tertiary/aromatic N) is 2. The standard InChI is InChI=1S/C25H20ClN2OPS/c26-30(21-10-4-1-5-11-21,22-12-6-2-7-13-22,23-14-8-3-9-15-23)19-20-18-24(29)28-16-17-31-25(28)27-20/h1-18H,19H2. The van der Waals surface area contributed by atoms with E-state index >= 15 is 0 Å². The van der Waals surface area contributed by atoms with Crippen molar-refractivity contribution >= 4 is 49.4 Å². The van der Waals surface area contributed by atoms with Crippen LogP contribution in [0, 0.1) is 0 Å². The fourth-order valence-corrected chi connectivity index (χ4v) is 10.9. The average molecular weight is 463 g/mol. The van der Waals surface area contributed by atoms with Gasteiger partial charge in [0.1, 0.15) is 0 Å². The van der Waals surface area contributed by atoms with Crippen molar-refractivity contribution in [2.75, 3.05) is 0 Å². The van der Waals surface area contributed by atoms with E-state index in [1.54, 1.807) is 16.7 Å². The maximum absolute atomic E-state index is 12.8. The number of thiazole rings is 1. The first-order valence-corrected chi connectivity index (χ1v) is 14.2. The Morgan fingerprint density at radius 3 is 1.77 bits per heavy atom. The first-order valence-electron chi connectivity index (χ1n) is 9.95. The molecule has 0 fully saturated rings. The molecule has 6 heteroatoms. The second-order valence-electron chi connectivity index (χ2n) is 7.49. The first-order chi connectivity index (χ1) is 15.1. The summed E-state index contributed by atoms with van der Waals surface area (Å²) in [6.07, 6.45) is 2.21. The van der Waals surface area contributed by atoms with Crippen LogP contribution in [0.3, 0.4) is 0 Å². The summed E-state index contributed by atoms with van der Waals surface area (Å²) < 4.78 is 1.57. The van der Waals surface area contributed by atoms with Crippen LogP contribution in [0.15, 0.2) is 113 Å². The van der Waals surface area contributed by atoms with Crippen LogP contribution in [-0.2, 0) is 6.16 Å². The van der Waals surface area contributed by atoms with Gasteiger partial charge >= 0.3 is 190 Å². The van der Waals surface area contributed by atoms with E-state index in [-0.39, 0.29) is 5.56 Å². The molecule has 0 spiro atoms. The van der Waals surface area contributed by atoms with Gasteiger partial charge in [-0.15, -0.1) is 0 Å². The minimum absolute atomic E-state index is 0.0860. The monoisotopic (exact) mass is 462 g/mol. The zero-order chi connectivity index (χ0) is 21.3. The molecule has 0 N–H and O–H groups in total. The van der Waals surface area contributed by atoms with Crippen LogP contribution in [0.1, 0.15) is 5.69 Å². The quantitative estimate of drug-likeness (QED) is 0.347. The van der Waals surface area contributed by atoms with E-state index < -0.39 is 5.96 Å². The van der Waals surface area contributed by atoms with Crippen molar-refractivity contribution in [3.63, 3.8) is 0 Å². The van der Waals surface area contributed by atoms with Crippen molar-refractivity contribution < 1.29 is 0 Å². The molecule has 31 heavy (non-hydrogen) atoms. The SMILES string of the molecule is O=c1cc(CP(Cl)(c2ccccc2)(c2ccccc2)c2ccccc2)nc2sccn12. The zero-order valence-corrected chi connectivity index (χ0v) is 19.1. The van der Waals surface area contributed by atoms with Crippen molar-refractivity contribution in [3.8, 4) is 0 Å². The first kappa shape index (κ1) is 20.1. The van der Waals surface area contributed by atoms with Gasteiger partial charge in [-0.25, -0.2) is 0 Å². The van der Waals surface area contributed by atoms with Crippen molar-refractivity contribution in [3.05, 3.63) is 125 Å². The number of halogens is 1. The van der Waals surface area contributed by atoms with Crippen molar-refractivity contribution in [2.45, 2.75) is 6.16 Å². The molecule has 0 saturated carbocycles. The van der Waals surface area contributed by atoms with Gasteiger partial charge < -0.3 is 0 Å². The molecule has 3 nitrogen and oxygen atoms in total. The predicted octanol–water partition coefficient (Wildman–Crippen LogP) is 4.94. The molecule has 0 bridgehead atoms. The third kappa shape index (κ3) is 3.23. The van der Waals surface area contributed by atoms with Gasteiger partial charge in [0.25, 0.3) is 0 Å². The van der Waals surface area contributed by atoms with Gasteiger partial charge in [0, 0.05) is 0 Å². The molecule has 0 amide bonds. The average Bonchev–Trinajstić information content (AvgIpc) is 3.30. The fraction of sp³-hybridized carbons (Fsp3) is 0.0400. The second kappa shape index (κ2) is 7.72. The van der Waals surface area contributed by atoms with E-state index in [0.29, 0.717) is 16.8 Å². The summed E-state index contributed by atoms with van der Waals surface area (Å²) in [7, 11) is 0. The summed E-state index contributed by atoms with van der Waals surface area (Å²) in [5.74, 6) is -3.51. The Bertz CT molecular complexity index is 1300. The number of benzene rings is 3. The summed E-state index contributed by atoms with van der Waals surface area (Å²) >= 11 is 9.52. The summed E-state index contributed by atoms with van der Waals surface area (Å²) in [5, 5.41) is 5.04. The Morgan fingerprint density at radius 1 is 0.806 bits per heavy atom. The topological polar surface area (TPSA) is 34.4 Å². The van der Waals surface area contributed by atoms with Gasteiger partial charge in [0.05, 0.1) is 0 Å². The Hall–Kier alpha value is -2.78. The molecule has 0 aliphatic carbocycles. The minimum atomic E-state index is -3.51. The van der Waals surface area contributed by atoms with Crippen molar-refractivity contribution in [1.29, 1.82) is 0 Å². The molecule has 0 atom stereocenters. The molecular weight excluding hydrogens is 443 g/mol. The molecule has 3 aromatic carbocycles. The normalized spacial score (nSPS) is 13.0. The van der Waals surface area contributed by atoms with Gasteiger partial charge in [-0.2, -0.15) is 0 Å². The van der Waals surface area contributed by atoms with Gasteiger partial charge in [-0.3, -0.25) is 0 Å². The Morgan fingerprint density at radius 2 is 1.29 bits per heavy atom. The molecule has 0 radical (unpaired) electrons. The van der Waals surface area contributed by atoms with Gasteiger partial charge in [0.2, 0.25) is 0 Å². The molecule has 154 valence electrons. The number of fused-ring (bicyclic) bond motifs is 1. The molecule has 0 saturated heterocycles. The third-order valence-electron chi connectivity index (χ3n) is 5.70. The van der Waals surface area contributed by atoms with Crippen LogP contribution in [0.25, 0.3) is 4.96 Å². The van der Waals surface area contributed by atoms with Crippen LogP contribution in [-0.4, -0.2) is 9.38 Å². The van der Waals surface area contributed by atoms with E-state index in [1.807, 2.05) is 60.0 Å². The Balaban J connectivity index is 1.86. The van der Waals surface area contributed by atoms with Crippen LogP contribution in [0.4, 0.5) is 0 Å². The van der Waals surface area contributed by atoms with Gasteiger partial charge in [-0.05, 0) is 0 Å². The van der Waals surface area contributed by atoms with Crippen LogP contribution < -0.4 is 21.5 Å². The van der Waals surface area contributed by atoms with Gasteiger partial charge in [0.15, 0.2) is 0 Å². The predicted molar refractivity (Wildman–Crippen MR) is 134 cm³/mol. The number of rotatable bonds is 5. The zero-order valence-electron chi connectivity index (χ0n) is 16.6. The molecule has 5 rings (SSSR count). The Kier molecular flexibility index (Phi) is 5.02. The molecule has 2 aromatic heterocycles. The molecule has 0 aliphatic rings. The molecule has 0 aliphatic heterocycles. The third-order valence-corrected chi connectivity index (χ3v) is 13.6. The van der Waals surface area contributed by atoms with Gasteiger partial charge in [-0.1, -0.05) is 0 Å². The molecule has 2 heterocycles. The molecule has 0 unspecified atom stereocenters. The van der Waals surface area contributed by atoms with E-state index in [0.717, 1.165) is 15.9 Å². The second-order valence-corrected chi connectivity index (χ2v) is 14.8. The summed E-state index contributed by atoms with van der Waals surface area (Å²) in [5.41, 5.74) is 0.619.